The van der Waals surface area contributed by atoms with Gasteiger partial charge in [0.25, 0.3) is 0 Å². The summed E-state index contributed by atoms with van der Waals surface area (Å²) >= 11 is 0. The first-order chi connectivity index (χ1) is 12.6. The topological polar surface area (TPSA) is 41.9 Å². The molecule has 1 heterocycles. The summed E-state index contributed by atoms with van der Waals surface area (Å²) in [6.07, 6.45) is 3.91. The minimum absolute atomic E-state index is 0.211. The maximum Gasteiger partial charge on any atom is 0.123 e. The van der Waals surface area contributed by atoms with Crippen LogP contribution in [0.25, 0.3) is 0 Å². The molecular weight excluding hydrogens is 326 g/mol. The molecule has 0 spiro atoms. The van der Waals surface area contributed by atoms with Gasteiger partial charge in [-0.2, -0.15) is 0 Å². The highest BCUT2D eigenvalue weighted by atomic mass is 16.5. The van der Waals surface area contributed by atoms with Crippen molar-refractivity contribution in [1.29, 1.82) is 0 Å². The summed E-state index contributed by atoms with van der Waals surface area (Å²) in [5.41, 5.74) is 0.969. The fourth-order valence-corrected chi connectivity index (χ4v) is 3.64. The molecule has 1 aliphatic carbocycles. The van der Waals surface area contributed by atoms with Crippen LogP contribution in [0.1, 0.15) is 37.3 Å². The van der Waals surface area contributed by atoms with Gasteiger partial charge >= 0.3 is 0 Å². The molecule has 1 N–H and O–H groups in total. The van der Waals surface area contributed by atoms with Crippen molar-refractivity contribution < 1.29 is 14.6 Å². The van der Waals surface area contributed by atoms with E-state index in [0.717, 1.165) is 42.3 Å². The van der Waals surface area contributed by atoms with E-state index < -0.39 is 5.60 Å². The van der Waals surface area contributed by atoms with Gasteiger partial charge in [-0.1, -0.05) is 30.7 Å². The summed E-state index contributed by atoms with van der Waals surface area (Å²) in [6.45, 7) is 4.62. The maximum atomic E-state index is 11.0. The smallest absolute Gasteiger partial charge is 0.123 e. The lowest BCUT2D eigenvalue weighted by molar-refractivity contribution is 0.00746. The van der Waals surface area contributed by atoms with Crippen LogP contribution in [0.5, 0.6) is 11.5 Å². The highest BCUT2D eigenvalue weighted by molar-refractivity contribution is 5.40. The molecule has 4 heteroatoms. The molecule has 0 bridgehead atoms. The second-order valence-electron chi connectivity index (χ2n) is 7.60. The predicted octanol–water partition coefficient (Wildman–Crippen LogP) is 3.72. The van der Waals surface area contributed by atoms with Gasteiger partial charge in [-0.15, -0.1) is 0 Å². The molecule has 2 aromatic rings. The molecule has 4 rings (SSSR count). The Morgan fingerprint density at radius 2 is 2.00 bits per heavy atom. The van der Waals surface area contributed by atoms with Crippen LogP contribution in [-0.2, 0) is 12.1 Å². The van der Waals surface area contributed by atoms with Gasteiger partial charge in [0.05, 0.1) is 0 Å². The Balaban J connectivity index is 1.50. The lowest BCUT2D eigenvalue weighted by Crippen LogP contribution is -2.40. The zero-order chi connectivity index (χ0) is 18.0. The molecule has 0 radical (unpaired) electrons. The molecule has 1 fully saturated rings. The number of rotatable bonds is 5. The van der Waals surface area contributed by atoms with Crippen molar-refractivity contribution in [2.75, 3.05) is 19.8 Å². The van der Waals surface area contributed by atoms with Crippen LogP contribution >= 0.6 is 0 Å². The van der Waals surface area contributed by atoms with Crippen LogP contribution in [0.3, 0.4) is 0 Å². The fourth-order valence-electron chi connectivity index (χ4n) is 3.64. The van der Waals surface area contributed by atoms with Gasteiger partial charge in [0.1, 0.15) is 30.3 Å². The minimum Gasteiger partial charge on any atom is -0.492 e. The average molecular weight is 353 g/mol. The summed E-state index contributed by atoms with van der Waals surface area (Å²) in [5, 5.41) is 11.0. The predicted molar refractivity (Wildman–Crippen MR) is 101 cm³/mol. The van der Waals surface area contributed by atoms with Gasteiger partial charge < -0.3 is 14.6 Å². The van der Waals surface area contributed by atoms with Crippen LogP contribution in [-0.4, -0.2) is 35.8 Å². The fraction of sp³-hybridized carbons (Fsp3) is 0.455. The SMILES string of the molecule is C[C@@](O)(COc1ccccc1)c1ccc2c(c1)CN(C1CCC1)CCO2. The van der Waals surface area contributed by atoms with Crippen molar-refractivity contribution in [3.8, 4) is 11.5 Å². The van der Waals surface area contributed by atoms with Gasteiger partial charge in [0.15, 0.2) is 0 Å². The molecule has 0 amide bonds. The lowest BCUT2D eigenvalue weighted by Gasteiger charge is -2.36. The van der Waals surface area contributed by atoms with Crippen molar-refractivity contribution in [1.82, 2.24) is 4.90 Å². The molecule has 1 saturated carbocycles. The van der Waals surface area contributed by atoms with Crippen LogP contribution < -0.4 is 9.47 Å². The number of hydrogen-bond acceptors (Lipinski definition) is 4. The van der Waals surface area contributed by atoms with Gasteiger partial charge in [0.2, 0.25) is 0 Å². The Morgan fingerprint density at radius 3 is 2.73 bits per heavy atom. The van der Waals surface area contributed by atoms with E-state index in [-0.39, 0.29) is 6.61 Å². The third kappa shape index (κ3) is 3.71. The summed E-state index contributed by atoms with van der Waals surface area (Å²) < 4.78 is 11.7. The van der Waals surface area contributed by atoms with E-state index in [9.17, 15) is 5.11 Å². The number of aliphatic hydroxyl groups is 1. The number of ether oxygens (including phenoxy) is 2. The Hall–Kier alpha value is -2.04. The number of hydrogen-bond donors (Lipinski definition) is 1. The first-order valence-electron chi connectivity index (χ1n) is 9.52. The molecule has 2 aliphatic rings. The standard InChI is InChI=1S/C22H27NO3/c1-22(24,16-26-20-8-3-2-4-9-20)18-10-11-21-17(14-18)15-23(12-13-25-21)19-6-5-7-19/h2-4,8-11,14,19,24H,5-7,12-13,15-16H2,1H3/t22-/m1/s1. The first kappa shape index (κ1) is 17.4. The zero-order valence-corrected chi connectivity index (χ0v) is 15.4. The summed E-state index contributed by atoms with van der Waals surface area (Å²) in [7, 11) is 0. The van der Waals surface area contributed by atoms with Gasteiger partial charge in [-0.05, 0) is 49.6 Å². The number of fused-ring (bicyclic) bond motifs is 1. The van der Waals surface area contributed by atoms with Crippen molar-refractivity contribution >= 4 is 0 Å². The van der Waals surface area contributed by atoms with E-state index in [1.165, 1.54) is 19.3 Å². The summed E-state index contributed by atoms with van der Waals surface area (Å²) in [4.78, 5) is 2.52. The van der Waals surface area contributed by atoms with Gasteiger partial charge in [0, 0.05) is 24.7 Å². The third-order valence-electron chi connectivity index (χ3n) is 5.55. The monoisotopic (exact) mass is 353 g/mol. The quantitative estimate of drug-likeness (QED) is 0.890. The highest BCUT2D eigenvalue weighted by Gasteiger charge is 2.29. The maximum absolute atomic E-state index is 11.0. The lowest BCUT2D eigenvalue weighted by atomic mass is 9.90. The number of benzene rings is 2. The highest BCUT2D eigenvalue weighted by Crippen LogP contribution is 2.33. The van der Waals surface area contributed by atoms with Crippen LogP contribution in [0.2, 0.25) is 0 Å². The normalized spacial score (nSPS) is 20.2. The third-order valence-corrected chi connectivity index (χ3v) is 5.55. The number of para-hydroxylation sites is 1. The van der Waals surface area contributed by atoms with E-state index in [2.05, 4.69) is 11.0 Å². The molecule has 138 valence electrons. The molecule has 1 atom stereocenters. The second kappa shape index (κ2) is 7.29. The van der Waals surface area contributed by atoms with Gasteiger partial charge in [-0.25, -0.2) is 0 Å². The Bertz CT molecular complexity index is 740. The molecule has 26 heavy (non-hydrogen) atoms. The first-order valence-corrected chi connectivity index (χ1v) is 9.52. The Kier molecular flexibility index (Phi) is 4.88. The second-order valence-corrected chi connectivity index (χ2v) is 7.60. The van der Waals surface area contributed by atoms with Crippen molar-refractivity contribution in [3.63, 3.8) is 0 Å². The van der Waals surface area contributed by atoms with E-state index in [1.807, 2.05) is 42.5 Å². The molecule has 4 nitrogen and oxygen atoms in total. The summed E-state index contributed by atoms with van der Waals surface area (Å²) in [5.74, 6) is 1.71. The molecular formula is C22H27NO3. The average Bonchev–Trinajstić information content (AvgIpc) is 2.81. The molecule has 0 aromatic heterocycles. The number of nitrogens with zero attached hydrogens (tertiary/aromatic N) is 1. The minimum atomic E-state index is -1.06. The van der Waals surface area contributed by atoms with E-state index in [0.29, 0.717) is 6.04 Å². The zero-order valence-electron chi connectivity index (χ0n) is 15.4. The Labute approximate surface area is 155 Å². The van der Waals surface area contributed by atoms with E-state index >= 15 is 0 Å². The molecule has 1 aliphatic heterocycles. The van der Waals surface area contributed by atoms with E-state index in [1.54, 1.807) is 6.92 Å². The molecule has 0 saturated heterocycles. The molecule has 2 aromatic carbocycles. The Morgan fingerprint density at radius 1 is 1.19 bits per heavy atom. The van der Waals surface area contributed by atoms with Crippen molar-refractivity contribution in [3.05, 3.63) is 59.7 Å². The van der Waals surface area contributed by atoms with Crippen molar-refractivity contribution in [2.45, 2.75) is 44.4 Å². The van der Waals surface area contributed by atoms with Crippen molar-refractivity contribution in [2.24, 2.45) is 0 Å². The molecule has 0 unspecified atom stereocenters. The van der Waals surface area contributed by atoms with E-state index in [4.69, 9.17) is 9.47 Å². The summed E-state index contributed by atoms with van der Waals surface area (Å²) in [6, 6.07) is 16.3. The van der Waals surface area contributed by atoms with Crippen LogP contribution in [0.15, 0.2) is 48.5 Å². The largest absolute Gasteiger partial charge is 0.492 e. The van der Waals surface area contributed by atoms with Crippen LogP contribution in [0.4, 0.5) is 0 Å². The van der Waals surface area contributed by atoms with Gasteiger partial charge in [-0.3, -0.25) is 4.90 Å². The van der Waals surface area contributed by atoms with Crippen LogP contribution in [0, 0.1) is 0 Å².